The number of amides is 1. The maximum Gasteiger partial charge on any atom is 0.276 e. The van der Waals surface area contributed by atoms with Crippen LogP contribution in [0.1, 0.15) is 29.4 Å². The second-order valence-corrected chi connectivity index (χ2v) is 9.36. The van der Waals surface area contributed by atoms with Gasteiger partial charge < -0.3 is 21.1 Å². The molecular formula is C29H27F2N7O3. The van der Waals surface area contributed by atoms with Gasteiger partial charge in [0, 0.05) is 24.9 Å². The highest BCUT2D eigenvalue weighted by atomic mass is 19.1. The number of carbonyl (C=O) groups is 1. The zero-order valence-corrected chi connectivity index (χ0v) is 22.1. The summed E-state index contributed by atoms with van der Waals surface area (Å²) in [5, 5.41) is 26.3. The van der Waals surface area contributed by atoms with Crippen molar-refractivity contribution in [2.75, 3.05) is 23.4 Å². The fraction of sp³-hybridized carbons (Fsp3) is 0.207. The summed E-state index contributed by atoms with van der Waals surface area (Å²) in [6, 6.07) is 11.9. The molecule has 12 heteroatoms. The Morgan fingerprint density at radius 2 is 2.02 bits per heavy atom. The third-order valence-corrected chi connectivity index (χ3v) is 6.70. The van der Waals surface area contributed by atoms with Crippen molar-refractivity contribution in [3.63, 3.8) is 0 Å². The van der Waals surface area contributed by atoms with Crippen molar-refractivity contribution in [1.29, 1.82) is 5.26 Å². The molecule has 4 rings (SSSR count). The summed E-state index contributed by atoms with van der Waals surface area (Å²) in [6.07, 6.45) is 3.44. The van der Waals surface area contributed by atoms with E-state index in [0.717, 1.165) is 30.3 Å². The van der Waals surface area contributed by atoms with E-state index in [1.807, 2.05) is 4.90 Å². The number of carbonyl (C=O) groups excluding carboxylic acids is 1. The van der Waals surface area contributed by atoms with Crippen molar-refractivity contribution in [3.05, 3.63) is 99.6 Å². The second kappa shape index (κ2) is 12.5. The Morgan fingerprint density at radius 1 is 1.29 bits per heavy atom. The number of nitrogens with zero attached hydrogens (tertiary/aromatic N) is 5. The highest BCUT2D eigenvalue weighted by Crippen LogP contribution is 2.35. The summed E-state index contributed by atoms with van der Waals surface area (Å²) < 4.78 is 29.2. The monoisotopic (exact) mass is 559 g/mol. The topological polar surface area (TPSA) is 150 Å². The van der Waals surface area contributed by atoms with Gasteiger partial charge in [-0.15, -0.1) is 0 Å². The average Bonchev–Trinajstić information content (AvgIpc) is 3.34. The number of aliphatic imine (C=N–C) groups is 1. The number of nitrogens with one attached hydrogen (secondary N) is 1. The van der Waals surface area contributed by atoms with Gasteiger partial charge in [0.05, 0.1) is 35.7 Å². The highest BCUT2D eigenvalue weighted by Gasteiger charge is 2.31. The van der Waals surface area contributed by atoms with Crippen LogP contribution in [-0.4, -0.2) is 52.7 Å². The van der Waals surface area contributed by atoms with Crippen LogP contribution in [0.15, 0.2) is 76.2 Å². The molecule has 1 aliphatic rings. The number of anilines is 2. The van der Waals surface area contributed by atoms with Gasteiger partial charge in [-0.1, -0.05) is 12.1 Å². The molecule has 0 saturated carbocycles. The molecule has 1 amide bonds. The Hall–Kier alpha value is -4.99. The van der Waals surface area contributed by atoms with Crippen LogP contribution in [0.25, 0.3) is 11.3 Å². The minimum absolute atomic E-state index is 0.182. The van der Waals surface area contributed by atoms with Crippen LogP contribution < -0.4 is 21.5 Å². The molecular weight excluding hydrogens is 532 g/mol. The SMILES string of the molecule is C=N/C=C\C(C#N)=C(/C)c1ccc(NC(=O)c2ccc(=O)n(-c3c(F)cccc3F)n2)c(N2C[C@H](N)C[C@H]2CO)c1. The first kappa shape index (κ1) is 29.0. The highest BCUT2D eigenvalue weighted by molar-refractivity contribution is 6.05. The minimum Gasteiger partial charge on any atom is -0.394 e. The molecule has 2 aromatic carbocycles. The minimum atomic E-state index is -1.02. The molecule has 0 radical (unpaired) electrons. The standard InChI is InChI=1S/C29H27F2N7O3/c1-17(19(14-32)10-11-34-2)18-6-7-24(26(12-18)37-15-20(33)13-21(37)16-39)35-29(41)25-8-9-27(40)38(36-25)28-22(30)4-3-5-23(28)31/h3-12,20-21,39H,2,13,15-16,33H2,1H3,(H,35,41)/b11-10-,19-17-/t20-,21+/m1/s1. The van der Waals surface area contributed by atoms with Crippen molar-refractivity contribution in [2.45, 2.75) is 25.4 Å². The van der Waals surface area contributed by atoms with E-state index >= 15 is 0 Å². The van der Waals surface area contributed by atoms with Crippen molar-refractivity contribution in [3.8, 4) is 11.8 Å². The molecule has 41 heavy (non-hydrogen) atoms. The number of halogens is 2. The van der Waals surface area contributed by atoms with Gasteiger partial charge in [0.1, 0.15) is 11.4 Å². The van der Waals surface area contributed by atoms with E-state index in [0.29, 0.717) is 45.7 Å². The van der Waals surface area contributed by atoms with Crippen LogP contribution in [0.3, 0.4) is 0 Å². The summed E-state index contributed by atoms with van der Waals surface area (Å²) in [4.78, 5) is 31.2. The number of allylic oxidation sites excluding steroid dienone is 3. The van der Waals surface area contributed by atoms with Crippen LogP contribution in [0.5, 0.6) is 0 Å². The predicted octanol–water partition coefficient (Wildman–Crippen LogP) is 3.17. The number of benzene rings is 2. The van der Waals surface area contributed by atoms with Gasteiger partial charge in [0.15, 0.2) is 11.6 Å². The molecule has 1 fully saturated rings. The molecule has 210 valence electrons. The smallest absolute Gasteiger partial charge is 0.276 e. The number of para-hydroxylation sites is 1. The summed E-state index contributed by atoms with van der Waals surface area (Å²) in [5.74, 6) is -2.79. The van der Waals surface area contributed by atoms with Gasteiger partial charge in [-0.2, -0.15) is 15.0 Å². The summed E-state index contributed by atoms with van der Waals surface area (Å²) in [7, 11) is 0. The molecule has 0 bridgehead atoms. The number of hydrogen-bond acceptors (Lipinski definition) is 8. The second-order valence-electron chi connectivity index (χ2n) is 9.36. The lowest BCUT2D eigenvalue weighted by Gasteiger charge is -2.28. The van der Waals surface area contributed by atoms with E-state index in [2.05, 4.69) is 28.2 Å². The third kappa shape index (κ3) is 6.11. The number of hydrogen-bond donors (Lipinski definition) is 3. The van der Waals surface area contributed by atoms with E-state index < -0.39 is 28.8 Å². The lowest BCUT2D eigenvalue weighted by Crippen LogP contribution is -2.34. The number of rotatable bonds is 8. The zero-order valence-electron chi connectivity index (χ0n) is 22.1. The Labute approximate surface area is 234 Å². The molecule has 10 nitrogen and oxygen atoms in total. The van der Waals surface area contributed by atoms with E-state index in [1.54, 1.807) is 25.1 Å². The van der Waals surface area contributed by atoms with E-state index in [9.17, 15) is 28.7 Å². The molecule has 0 aliphatic carbocycles. The van der Waals surface area contributed by atoms with Crippen LogP contribution in [0.2, 0.25) is 0 Å². The number of nitriles is 1. The molecule has 2 heterocycles. The van der Waals surface area contributed by atoms with Crippen molar-refractivity contribution in [2.24, 2.45) is 10.7 Å². The fourth-order valence-corrected chi connectivity index (χ4v) is 4.63. The Morgan fingerprint density at radius 3 is 2.68 bits per heavy atom. The van der Waals surface area contributed by atoms with Gasteiger partial charge in [-0.05, 0) is 67.6 Å². The maximum absolute atomic E-state index is 14.4. The molecule has 4 N–H and O–H groups in total. The maximum atomic E-state index is 14.4. The van der Waals surface area contributed by atoms with E-state index in [-0.39, 0.29) is 24.4 Å². The molecule has 2 atom stereocenters. The predicted molar refractivity (Wildman–Crippen MR) is 152 cm³/mol. The third-order valence-electron chi connectivity index (χ3n) is 6.70. The Balaban J connectivity index is 1.77. The van der Waals surface area contributed by atoms with Crippen LogP contribution in [0, 0.1) is 23.0 Å². The Bertz CT molecular complexity index is 1640. The summed E-state index contributed by atoms with van der Waals surface area (Å²) in [6.45, 7) is 5.35. The normalized spacial score (nSPS) is 17.3. The van der Waals surface area contributed by atoms with Gasteiger partial charge in [0.25, 0.3) is 11.5 Å². The van der Waals surface area contributed by atoms with E-state index in [1.165, 1.54) is 12.3 Å². The number of aromatic nitrogens is 2. The first-order valence-electron chi connectivity index (χ1n) is 12.6. The van der Waals surface area contributed by atoms with Gasteiger partial charge >= 0.3 is 0 Å². The van der Waals surface area contributed by atoms with E-state index in [4.69, 9.17) is 5.73 Å². The summed E-state index contributed by atoms with van der Waals surface area (Å²) >= 11 is 0. The lowest BCUT2D eigenvalue weighted by molar-refractivity contribution is 0.102. The fourth-order valence-electron chi connectivity index (χ4n) is 4.63. The molecule has 1 aromatic heterocycles. The van der Waals surface area contributed by atoms with Gasteiger partial charge in [-0.3, -0.25) is 14.6 Å². The van der Waals surface area contributed by atoms with Gasteiger partial charge in [-0.25, -0.2) is 8.78 Å². The van der Waals surface area contributed by atoms with Crippen molar-refractivity contribution < 1.29 is 18.7 Å². The zero-order chi connectivity index (χ0) is 29.7. The lowest BCUT2D eigenvalue weighted by atomic mass is 10.00. The largest absolute Gasteiger partial charge is 0.394 e. The Kier molecular flexibility index (Phi) is 8.81. The first-order chi connectivity index (χ1) is 19.7. The number of aliphatic hydroxyl groups excluding tert-OH is 1. The quantitative estimate of drug-likeness (QED) is 0.218. The van der Waals surface area contributed by atoms with Crippen molar-refractivity contribution in [1.82, 2.24) is 9.78 Å². The number of aliphatic hydroxyl groups is 1. The van der Waals surface area contributed by atoms with Crippen molar-refractivity contribution >= 4 is 29.6 Å². The molecule has 1 aliphatic heterocycles. The first-order valence-corrected chi connectivity index (χ1v) is 12.6. The van der Waals surface area contributed by atoms with Crippen LogP contribution in [-0.2, 0) is 0 Å². The summed E-state index contributed by atoms with van der Waals surface area (Å²) in [5.41, 5.74) is 6.89. The van der Waals surface area contributed by atoms with Crippen LogP contribution >= 0.6 is 0 Å². The number of nitrogens with two attached hydrogens (primary N) is 1. The molecule has 0 spiro atoms. The molecule has 3 aromatic rings. The molecule has 0 unspecified atom stereocenters. The average molecular weight is 560 g/mol. The molecule has 1 saturated heterocycles. The van der Waals surface area contributed by atoms with Crippen LogP contribution in [0.4, 0.5) is 20.2 Å². The van der Waals surface area contributed by atoms with Gasteiger partial charge in [0.2, 0.25) is 0 Å².